The summed E-state index contributed by atoms with van der Waals surface area (Å²) in [6, 6.07) is 7.63. The van der Waals surface area contributed by atoms with Crippen molar-refractivity contribution in [2.75, 3.05) is 14.2 Å². The van der Waals surface area contributed by atoms with Gasteiger partial charge < -0.3 is 14.4 Å². The zero-order valence-corrected chi connectivity index (χ0v) is 10.9. The summed E-state index contributed by atoms with van der Waals surface area (Å²) >= 11 is 0. The molecule has 0 aliphatic rings. The maximum Gasteiger partial charge on any atom is 0.222 e. The summed E-state index contributed by atoms with van der Waals surface area (Å²) in [5, 5.41) is 0. The predicted molar refractivity (Wildman–Crippen MR) is 69.4 cm³/mol. The molecule has 0 heterocycles. The zero-order valence-electron chi connectivity index (χ0n) is 10.9. The second-order valence-electron chi connectivity index (χ2n) is 4.16. The molecular formula is C14H19NO3. The minimum atomic E-state index is 0.0627. The third-order valence-electron chi connectivity index (χ3n) is 2.72. The van der Waals surface area contributed by atoms with E-state index >= 15 is 0 Å². The van der Waals surface area contributed by atoms with Crippen LogP contribution in [0.15, 0.2) is 24.3 Å². The van der Waals surface area contributed by atoms with Gasteiger partial charge in [-0.05, 0) is 24.1 Å². The minimum absolute atomic E-state index is 0.0627. The van der Waals surface area contributed by atoms with Crippen LogP contribution < -0.4 is 4.74 Å². The van der Waals surface area contributed by atoms with Crippen molar-refractivity contribution in [3.05, 3.63) is 29.8 Å². The van der Waals surface area contributed by atoms with Gasteiger partial charge in [-0.3, -0.25) is 4.79 Å². The number of benzene rings is 1. The first kappa shape index (κ1) is 14.2. The highest BCUT2D eigenvalue weighted by Crippen LogP contribution is 2.13. The van der Waals surface area contributed by atoms with E-state index in [2.05, 4.69) is 0 Å². The van der Waals surface area contributed by atoms with Crippen molar-refractivity contribution < 1.29 is 14.3 Å². The fourth-order valence-electron chi connectivity index (χ4n) is 1.62. The van der Waals surface area contributed by atoms with Crippen LogP contribution in [0.2, 0.25) is 0 Å². The number of nitrogens with zero attached hydrogens (tertiary/aromatic N) is 1. The monoisotopic (exact) mass is 249 g/mol. The molecule has 0 aliphatic heterocycles. The molecule has 0 radical (unpaired) electrons. The average molecular weight is 249 g/mol. The van der Waals surface area contributed by atoms with Gasteiger partial charge in [0.2, 0.25) is 5.91 Å². The molecule has 0 N–H and O–H groups in total. The highest BCUT2D eigenvalue weighted by molar-refractivity contribution is 5.76. The fraction of sp³-hybridized carbons (Fsp3) is 0.429. The Labute approximate surface area is 108 Å². The molecule has 98 valence electrons. The van der Waals surface area contributed by atoms with Crippen molar-refractivity contribution >= 4 is 12.2 Å². The third kappa shape index (κ3) is 4.57. The molecular weight excluding hydrogens is 230 g/mol. The van der Waals surface area contributed by atoms with Crippen molar-refractivity contribution in [2.45, 2.75) is 25.8 Å². The second-order valence-corrected chi connectivity index (χ2v) is 4.16. The molecule has 1 aromatic carbocycles. The molecule has 0 spiro atoms. The summed E-state index contributed by atoms with van der Waals surface area (Å²) < 4.78 is 5.07. The van der Waals surface area contributed by atoms with Crippen LogP contribution in [0.1, 0.15) is 24.8 Å². The first-order chi connectivity index (χ1) is 8.67. The number of hydrogen-bond donors (Lipinski definition) is 0. The van der Waals surface area contributed by atoms with E-state index in [1.807, 2.05) is 24.3 Å². The maximum atomic E-state index is 11.7. The Kier molecular flexibility index (Phi) is 5.91. The number of carbonyl (C=O) groups is 2. The van der Waals surface area contributed by atoms with Crippen LogP contribution in [0.3, 0.4) is 0 Å². The Morgan fingerprint density at radius 1 is 1.33 bits per heavy atom. The largest absolute Gasteiger partial charge is 0.497 e. The number of rotatable bonds is 7. The average Bonchev–Trinajstić information content (AvgIpc) is 2.39. The topological polar surface area (TPSA) is 46.6 Å². The van der Waals surface area contributed by atoms with Gasteiger partial charge in [0.05, 0.1) is 7.11 Å². The molecule has 0 fully saturated rings. The third-order valence-corrected chi connectivity index (χ3v) is 2.72. The lowest BCUT2D eigenvalue weighted by Gasteiger charge is -2.17. The van der Waals surface area contributed by atoms with Crippen molar-refractivity contribution in [3.8, 4) is 5.75 Å². The SMILES string of the molecule is COc1ccc(CN(C)C(=O)CCCC=O)cc1. The molecule has 1 aromatic rings. The Bertz CT molecular complexity index is 387. The van der Waals surface area contributed by atoms with E-state index in [1.54, 1.807) is 19.1 Å². The predicted octanol–water partition coefficient (Wildman–Crippen LogP) is 2.02. The van der Waals surface area contributed by atoms with Gasteiger partial charge in [-0.2, -0.15) is 0 Å². The van der Waals surface area contributed by atoms with Gasteiger partial charge in [-0.15, -0.1) is 0 Å². The molecule has 0 aliphatic carbocycles. The van der Waals surface area contributed by atoms with Crippen LogP contribution in [0.25, 0.3) is 0 Å². The molecule has 4 nitrogen and oxygen atoms in total. The van der Waals surface area contributed by atoms with E-state index in [-0.39, 0.29) is 5.91 Å². The Hall–Kier alpha value is -1.84. The zero-order chi connectivity index (χ0) is 13.4. The van der Waals surface area contributed by atoms with Crippen molar-refractivity contribution in [3.63, 3.8) is 0 Å². The van der Waals surface area contributed by atoms with Crippen LogP contribution in [0.5, 0.6) is 5.75 Å². The number of methoxy groups -OCH3 is 1. The number of unbranched alkanes of at least 4 members (excludes halogenated alkanes) is 1. The number of ether oxygens (including phenoxy) is 1. The molecule has 1 rings (SSSR count). The summed E-state index contributed by atoms with van der Waals surface area (Å²) in [7, 11) is 3.39. The molecule has 18 heavy (non-hydrogen) atoms. The summed E-state index contributed by atoms with van der Waals surface area (Å²) in [5.74, 6) is 0.867. The summed E-state index contributed by atoms with van der Waals surface area (Å²) in [6.07, 6.45) is 2.33. The van der Waals surface area contributed by atoms with E-state index in [4.69, 9.17) is 4.74 Å². The molecule has 0 atom stereocenters. The fourth-order valence-corrected chi connectivity index (χ4v) is 1.62. The minimum Gasteiger partial charge on any atom is -0.497 e. The molecule has 4 heteroatoms. The van der Waals surface area contributed by atoms with Crippen LogP contribution in [-0.4, -0.2) is 31.3 Å². The Morgan fingerprint density at radius 3 is 2.56 bits per heavy atom. The van der Waals surface area contributed by atoms with Crippen LogP contribution in [0, 0.1) is 0 Å². The first-order valence-electron chi connectivity index (χ1n) is 5.98. The lowest BCUT2D eigenvalue weighted by molar-refractivity contribution is -0.130. The lowest BCUT2D eigenvalue weighted by atomic mass is 10.2. The van der Waals surface area contributed by atoms with E-state index < -0.39 is 0 Å². The summed E-state index contributed by atoms with van der Waals surface area (Å²) in [5.41, 5.74) is 1.06. The maximum absolute atomic E-state index is 11.7. The Balaban J connectivity index is 2.44. The number of amides is 1. The normalized spacial score (nSPS) is 9.89. The molecule has 0 unspecified atom stereocenters. The van der Waals surface area contributed by atoms with E-state index in [9.17, 15) is 9.59 Å². The van der Waals surface area contributed by atoms with E-state index in [0.29, 0.717) is 25.8 Å². The standard InChI is InChI=1S/C14H19NO3/c1-15(14(17)5-3-4-10-16)11-12-6-8-13(18-2)9-7-12/h6-10H,3-5,11H2,1-2H3. The number of carbonyl (C=O) groups excluding carboxylic acids is 2. The quantitative estimate of drug-likeness (QED) is 0.548. The van der Waals surface area contributed by atoms with Gasteiger partial charge in [0.15, 0.2) is 0 Å². The smallest absolute Gasteiger partial charge is 0.222 e. The van der Waals surface area contributed by atoms with Gasteiger partial charge >= 0.3 is 0 Å². The van der Waals surface area contributed by atoms with Gasteiger partial charge in [-0.1, -0.05) is 12.1 Å². The highest BCUT2D eigenvalue weighted by Gasteiger charge is 2.08. The van der Waals surface area contributed by atoms with Gasteiger partial charge in [0.1, 0.15) is 12.0 Å². The molecule has 0 aromatic heterocycles. The van der Waals surface area contributed by atoms with Crippen molar-refractivity contribution in [2.24, 2.45) is 0 Å². The second kappa shape index (κ2) is 7.48. The van der Waals surface area contributed by atoms with Crippen molar-refractivity contribution in [1.29, 1.82) is 0 Å². The summed E-state index contributed by atoms with van der Waals surface area (Å²) in [6.45, 7) is 0.573. The molecule has 0 saturated carbocycles. The lowest BCUT2D eigenvalue weighted by Crippen LogP contribution is -2.25. The van der Waals surface area contributed by atoms with Gasteiger partial charge in [-0.25, -0.2) is 0 Å². The highest BCUT2D eigenvalue weighted by atomic mass is 16.5. The molecule has 0 saturated heterocycles. The van der Waals surface area contributed by atoms with E-state index in [1.165, 1.54) is 0 Å². The summed E-state index contributed by atoms with van der Waals surface area (Å²) in [4.78, 5) is 23.6. The number of aldehydes is 1. The van der Waals surface area contributed by atoms with Gasteiger partial charge in [0.25, 0.3) is 0 Å². The molecule has 1 amide bonds. The van der Waals surface area contributed by atoms with Gasteiger partial charge in [0, 0.05) is 26.4 Å². The van der Waals surface area contributed by atoms with Crippen LogP contribution in [-0.2, 0) is 16.1 Å². The van der Waals surface area contributed by atoms with Crippen LogP contribution in [0.4, 0.5) is 0 Å². The number of hydrogen-bond acceptors (Lipinski definition) is 3. The van der Waals surface area contributed by atoms with E-state index in [0.717, 1.165) is 17.6 Å². The van der Waals surface area contributed by atoms with Crippen molar-refractivity contribution in [1.82, 2.24) is 4.90 Å². The van der Waals surface area contributed by atoms with Crippen LogP contribution >= 0.6 is 0 Å². The molecule has 0 bridgehead atoms. The first-order valence-corrected chi connectivity index (χ1v) is 5.98. The Morgan fingerprint density at radius 2 is 2.00 bits per heavy atom.